The molecule has 2 aromatic heterocycles. The van der Waals surface area contributed by atoms with Crippen LogP contribution in [0.1, 0.15) is 15.9 Å². The van der Waals surface area contributed by atoms with E-state index in [1.54, 1.807) is 12.4 Å². The van der Waals surface area contributed by atoms with Gasteiger partial charge in [0.2, 0.25) is 0 Å². The van der Waals surface area contributed by atoms with E-state index in [-0.39, 0.29) is 5.91 Å². The molecule has 3 aromatic rings. The minimum Gasteiger partial charge on any atom is -0.348 e. The SMILES string of the molecule is NNc1ncc(C(=O)NCc2cn[nH]c2)c2ccccc12. The minimum absolute atomic E-state index is 0.191. The molecule has 7 nitrogen and oxygen atoms in total. The van der Waals surface area contributed by atoms with Gasteiger partial charge in [-0.05, 0) is 5.39 Å². The van der Waals surface area contributed by atoms with E-state index >= 15 is 0 Å². The molecule has 0 aliphatic heterocycles. The number of hydrogen-bond donors (Lipinski definition) is 4. The van der Waals surface area contributed by atoms with Crippen molar-refractivity contribution < 1.29 is 4.79 Å². The molecule has 2 heterocycles. The number of nitrogens with one attached hydrogen (secondary N) is 3. The molecule has 106 valence electrons. The van der Waals surface area contributed by atoms with Gasteiger partial charge >= 0.3 is 0 Å². The number of anilines is 1. The maximum atomic E-state index is 12.3. The van der Waals surface area contributed by atoms with Gasteiger partial charge in [0.25, 0.3) is 5.91 Å². The predicted molar refractivity (Wildman–Crippen MR) is 79.3 cm³/mol. The van der Waals surface area contributed by atoms with E-state index in [1.807, 2.05) is 24.3 Å². The van der Waals surface area contributed by atoms with E-state index in [9.17, 15) is 4.79 Å². The molecule has 1 aromatic carbocycles. The second-order valence-corrected chi connectivity index (χ2v) is 4.50. The van der Waals surface area contributed by atoms with Crippen LogP contribution in [0.3, 0.4) is 0 Å². The van der Waals surface area contributed by atoms with Crippen molar-refractivity contribution in [2.24, 2.45) is 5.84 Å². The molecule has 1 amide bonds. The number of nitrogens with two attached hydrogens (primary N) is 1. The van der Waals surface area contributed by atoms with Crippen LogP contribution in [0.2, 0.25) is 0 Å². The Morgan fingerprint density at radius 2 is 2.05 bits per heavy atom. The third-order valence-electron chi connectivity index (χ3n) is 3.18. The number of carbonyl (C=O) groups is 1. The first-order valence-corrected chi connectivity index (χ1v) is 6.40. The fraction of sp³-hybridized carbons (Fsp3) is 0.0714. The van der Waals surface area contributed by atoms with Crippen LogP contribution in [0.25, 0.3) is 10.8 Å². The van der Waals surface area contributed by atoms with Crippen LogP contribution in [0.4, 0.5) is 5.82 Å². The molecule has 7 heteroatoms. The molecule has 0 aliphatic carbocycles. The second kappa shape index (κ2) is 5.59. The van der Waals surface area contributed by atoms with Gasteiger partial charge in [-0.15, -0.1) is 0 Å². The van der Waals surface area contributed by atoms with Crippen molar-refractivity contribution in [2.45, 2.75) is 6.54 Å². The summed E-state index contributed by atoms with van der Waals surface area (Å²) < 4.78 is 0. The molecule has 0 atom stereocenters. The van der Waals surface area contributed by atoms with E-state index in [4.69, 9.17) is 5.84 Å². The number of H-pyrrole nitrogens is 1. The zero-order chi connectivity index (χ0) is 14.7. The Labute approximate surface area is 120 Å². The smallest absolute Gasteiger partial charge is 0.253 e. The van der Waals surface area contributed by atoms with Gasteiger partial charge in [-0.1, -0.05) is 24.3 Å². The third kappa shape index (κ3) is 2.54. The van der Waals surface area contributed by atoms with Gasteiger partial charge in [0.15, 0.2) is 0 Å². The zero-order valence-electron chi connectivity index (χ0n) is 11.1. The lowest BCUT2D eigenvalue weighted by molar-refractivity contribution is 0.0952. The molecule has 0 fully saturated rings. The predicted octanol–water partition coefficient (Wildman–Crippen LogP) is 1.17. The molecule has 3 rings (SSSR count). The number of nitrogen functional groups attached to an aromatic ring is 1. The molecule has 0 radical (unpaired) electrons. The number of benzene rings is 1. The van der Waals surface area contributed by atoms with E-state index < -0.39 is 0 Å². The Bertz CT molecular complexity index is 768. The van der Waals surface area contributed by atoms with Crippen LogP contribution in [-0.4, -0.2) is 21.1 Å². The highest BCUT2D eigenvalue weighted by Gasteiger charge is 2.12. The Kier molecular flexibility index (Phi) is 3.48. The number of aromatic amines is 1. The molecule has 0 aliphatic rings. The fourth-order valence-corrected chi connectivity index (χ4v) is 2.14. The number of rotatable bonds is 4. The van der Waals surface area contributed by atoms with Crippen LogP contribution >= 0.6 is 0 Å². The lowest BCUT2D eigenvalue weighted by Crippen LogP contribution is -2.23. The van der Waals surface area contributed by atoms with Gasteiger partial charge in [0, 0.05) is 29.9 Å². The van der Waals surface area contributed by atoms with E-state index in [2.05, 4.69) is 25.9 Å². The van der Waals surface area contributed by atoms with Crippen molar-refractivity contribution in [3.8, 4) is 0 Å². The van der Waals surface area contributed by atoms with Gasteiger partial charge in [0.1, 0.15) is 5.82 Å². The van der Waals surface area contributed by atoms with E-state index in [0.29, 0.717) is 17.9 Å². The number of nitrogens with zero attached hydrogens (tertiary/aromatic N) is 2. The topological polar surface area (TPSA) is 109 Å². The van der Waals surface area contributed by atoms with Crippen LogP contribution in [-0.2, 0) is 6.54 Å². The highest BCUT2D eigenvalue weighted by Crippen LogP contribution is 2.23. The van der Waals surface area contributed by atoms with Gasteiger partial charge < -0.3 is 10.7 Å². The highest BCUT2D eigenvalue weighted by atomic mass is 16.1. The van der Waals surface area contributed by atoms with Crippen LogP contribution < -0.4 is 16.6 Å². The third-order valence-corrected chi connectivity index (χ3v) is 3.18. The average molecular weight is 282 g/mol. The number of amides is 1. The molecule has 0 spiro atoms. The molecule has 0 bridgehead atoms. The van der Waals surface area contributed by atoms with Crippen molar-refractivity contribution in [3.63, 3.8) is 0 Å². The highest BCUT2D eigenvalue weighted by molar-refractivity contribution is 6.09. The first kappa shape index (κ1) is 13.1. The summed E-state index contributed by atoms with van der Waals surface area (Å²) in [4.78, 5) is 16.5. The second-order valence-electron chi connectivity index (χ2n) is 4.50. The summed E-state index contributed by atoms with van der Waals surface area (Å²) in [6, 6.07) is 7.47. The Morgan fingerprint density at radius 1 is 1.24 bits per heavy atom. The van der Waals surface area contributed by atoms with Crippen LogP contribution in [0.5, 0.6) is 0 Å². The monoisotopic (exact) mass is 282 g/mol. The normalized spacial score (nSPS) is 10.5. The number of carbonyl (C=O) groups excluding carboxylic acids is 1. The summed E-state index contributed by atoms with van der Waals surface area (Å²) in [5, 5.41) is 11.0. The zero-order valence-corrected chi connectivity index (χ0v) is 11.1. The Morgan fingerprint density at radius 3 is 2.76 bits per heavy atom. The van der Waals surface area contributed by atoms with Crippen molar-refractivity contribution in [3.05, 3.63) is 54.0 Å². The molecular formula is C14H14N6O. The lowest BCUT2D eigenvalue weighted by atomic mass is 10.1. The van der Waals surface area contributed by atoms with E-state index in [1.165, 1.54) is 6.20 Å². The first-order chi connectivity index (χ1) is 10.3. The van der Waals surface area contributed by atoms with Gasteiger partial charge in [-0.25, -0.2) is 10.8 Å². The molecular weight excluding hydrogens is 268 g/mol. The molecule has 21 heavy (non-hydrogen) atoms. The quantitative estimate of drug-likeness (QED) is 0.424. The number of hydrogen-bond acceptors (Lipinski definition) is 5. The molecule has 0 unspecified atom stereocenters. The first-order valence-electron chi connectivity index (χ1n) is 6.40. The van der Waals surface area contributed by atoms with E-state index in [0.717, 1.165) is 16.3 Å². The Hall–Kier alpha value is -2.93. The van der Waals surface area contributed by atoms with Crippen molar-refractivity contribution >= 4 is 22.5 Å². The lowest BCUT2D eigenvalue weighted by Gasteiger charge is -2.10. The summed E-state index contributed by atoms with van der Waals surface area (Å²) in [7, 11) is 0. The Balaban J connectivity index is 1.91. The summed E-state index contributed by atoms with van der Waals surface area (Å²) in [6.07, 6.45) is 4.92. The van der Waals surface area contributed by atoms with Crippen molar-refractivity contribution in [1.29, 1.82) is 0 Å². The average Bonchev–Trinajstić information content (AvgIpc) is 3.05. The maximum Gasteiger partial charge on any atom is 0.253 e. The fourth-order valence-electron chi connectivity index (χ4n) is 2.14. The largest absolute Gasteiger partial charge is 0.348 e. The number of aromatic nitrogens is 3. The molecule has 5 N–H and O–H groups in total. The maximum absolute atomic E-state index is 12.3. The summed E-state index contributed by atoms with van der Waals surface area (Å²) in [5.74, 6) is 5.79. The minimum atomic E-state index is -0.191. The summed E-state index contributed by atoms with van der Waals surface area (Å²) in [5.41, 5.74) is 3.95. The van der Waals surface area contributed by atoms with Crippen LogP contribution in [0.15, 0.2) is 42.9 Å². The van der Waals surface area contributed by atoms with Crippen molar-refractivity contribution in [1.82, 2.24) is 20.5 Å². The number of hydrazine groups is 1. The standard InChI is InChI=1S/C14H14N6O/c15-20-13-11-4-2-1-3-10(11)12(8-16-13)14(21)17-5-9-6-18-19-7-9/h1-4,6-8H,5,15H2,(H,16,20)(H,17,21)(H,18,19). The molecule has 0 saturated carbocycles. The van der Waals surface area contributed by atoms with Gasteiger partial charge in [-0.3, -0.25) is 9.89 Å². The van der Waals surface area contributed by atoms with Gasteiger partial charge in [0.05, 0.1) is 11.8 Å². The molecule has 0 saturated heterocycles. The number of fused-ring (bicyclic) bond motifs is 1. The number of pyridine rings is 1. The summed E-state index contributed by atoms with van der Waals surface area (Å²) >= 11 is 0. The van der Waals surface area contributed by atoms with Crippen LogP contribution in [0, 0.1) is 0 Å². The van der Waals surface area contributed by atoms with Gasteiger partial charge in [-0.2, -0.15) is 5.10 Å². The van der Waals surface area contributed by atoms with Crippen molar-refractivity contribution in [2.75, 3.05) is 5.43 Å². The summed E-state index contributed by atoms with van der Waals surface area (Å²) in [6.45, 7) is 0.403.